The molecule has 3 fully saturated rings. The first-order valence-electron chi connectivity index (χ1n) is 17.6. The molecule has 2 aromatic carbocycles. The third kappa shape index (κ3) is 8.38. The molecule has 3 saturated heterocycles. The minimum Gasteiger partial charge on any atom is -0.506 e. The van der Waals surface area contributed by atoms with Gasteiger partial charge in [0.25, 0.3) is 0 Å². The minimum atomic E-state index is -4.85. The number of para-hydroxylation sites is 1. The summed E-state index contributed by atoms with van der Waals surface area (Å²) in [6.45, 7) is 5.76. The molecule has 14 heteroatoms. The fourth-order valence-corrected chi connectivity index (χ4v) is 8.21. The van der Waals surface area contributed by atoms with Crippen LogP contribution < -0.4 is 10.6 Å². The normalized spacial score (nSPS) is 22.5. The molecule has 50 heavy (non-hydrogen) atoms. The number of phenolic OH excluding ortho intramolecular Hbond substituents is 1. The third-order valence-corrected chi connectivity index (χ3v) is 11.2. The number of hydrogen-bond acceptors (Lipinski definition) is 7. The van der Waals surface area contributed by atoms with E-state index in [9.17, 15) is 32.7 Å². The number of anilines is 1. The van der Waals surface area contributed by atoms with Gasteiger partial charge in [-0.1, -0.05) is 29.8 Å². The number of carbonyl (C=O) groups is 3. The van der Waals surface area contributed by atoms with Crippen molar-refractivity contribution < 1.29 is 32.7 Å². The highest BCUT2D eigenvalue weighted by atomic mass is 35.5. The fourth-order valence-electron chi connectivity index (χ4n) is 7.97. The predicted molar refractivity (Wildman–Crippen MR) is 184 cm³/mol. The number of phenols is 1. The molecule has 6 rings (SSSR count). The zero-order valence-electron chi connectivity index (χ0n) is 28.4. The fraction of sp³-hybridized carbons (Fsp3) is 0.583. The van der Waals surface area contributed by atoms with Crippen molar-refractivity contribution in [2.45, 2.75) is 63.3 Å². The lowest BCUT2D eigenvalue weighted by Gasteiger charge is -2.43. The summed E-state index contributed by atoms with van der Waals surface area (Å²) in [5.41, 5.74) is 0.649. The average Bonchev–Trinajstić information content (AvgIpc) is 3.27. The number of fused-ring (bicyclic) bond motifs is 1. The molecule has 0 bridgehead atoms. The smallest absolute Gasteiger partial charge is 0.420 e. The van der Waals surface area contributed by atoms with E-state index < -0.39 is 34.5 Å². The summed E-state index contributed by atoms with van der Waals surface area (Å²) >= 11 is 6.02. The molecule has 0 aromatic heterocycles. The Morgan fingerprint density at radius 3 is 2.32 bits per heavy atom. The van der Waals surface area contributed by atoms with Crippen LogP contribution in [0.2, 0.25) is 5.02 Å². The number of rotatable bonds is 7. The molecule has 0 radical (unpaired) electrons. The number of nitrogens with one attached hydrogen (secondary N) is 2. The van der Waals surface area contributed by atoms with Crippen molar-refractivity contribution in [2.75, 3.05) is 64.7 Å². The summed E-state index contributed by atoms with van der Waals surface area (Å²) in [4.78, 5) is 49.1. The zero-order chi connectivity index (χ0) is 35.6. The largest absolute Gasteiger partial charge is 0.506 e. The van der Waals surface area contributed by atoms with Crippen molar-refractivity contribution in [1.82, 2.24) is 24.9 Å². The van der Waals surface area contributed by atoms with Gasteiger partial charge in [-0.15, -0.1) is 0 Å². The first-order chi connectivity index (χ1) is 23.9. The summed E-state index contributed by atoms with van der Waals surface area (Å²) in [7, 11) is 2.11. The number of halogens is 4. The number of likely N-dealkylation sites (tertiary alicyclic amines) is 2. The van der Waals surface area contributed by atoms with E-state index in [1.54, 1.807) is 9.80 Å². The van der Waals surface area contributed by atoms with Crippen LogP contribution in [-0.4, -0.2) is 114 Å². The Bertz CT molecular complexity index is 1550. The second-order valence-corrected chi connectivity index (χ2v) is 14.6. The SMILES string of the molecule is CN1CCC(N2CCN(C(=O)[C@H](CC(=O)N3CCC(C4NCc5ccccc5NC4=O)CC3)Cc3cc(Cl)c(O)c(C(F)(F)F)c3)CC2)CC1. The van der Waals surface area contributed by atoms with Crippen molar-refractivity contribution >= 4 is 35.0 Å². The van der Waals surface area contributed by atoms with Gasteiger partial charge < -0.3 is 30.4 Å². The van der Waals surface area contributed by atoms with Gasteiger partial charge in [-0.3, -0.25) is 19.3 Å². The van der Waals surface area contributed by atoms with Gasteiger partial charge in [-0.05, 0) is 87.5 Å². The second kappa shape index (κ2) is 15.5. The Morgan fingerprint density at radius 2 is 1.64 bits per heavy atom. The first-order valence-corrected chi connectivity index (χ1v) is 17.9. The highest BCUT2D eigenvalue weighted by Gasteiger charge is 2.38. The molecule has 0 spiro atoms. The molecule has 272 valence electrons. The molecule has 3 amide bonds. The summed E-state index contributed by atoms with van der Waals surface area (Å²) in [6, 6.07) is 9.75. The molecule has 2 atom stereocenters. The van der Waals surface area contributed by atoms with Gasteiger partial charge in [0.1, 0.15) is 5.75 Å². The van der Waals surface area contributed by atoms with Gasteiger partial charge in [-0.25, -0.2) is 0 Å². The van der Waals surface area contributed by atoms with Crippen molar-refractivity contribution in [2.24, 2.45) is 11.8 Å². The second-order valence-electron chi connectivity index (χ2n) is 14.2. The first kappa shape index (κ1) is 36.4. The number of piperazine rings is 1. The molecule has 4 aliphatic rings. The van der Waals surface area contributed by atoms with Crippen LogP contribution >= 0.6 is 11.6 Å². The number of amides is 3. The number of hydrogen-bond donors (Lipinski definition) is 3. The number of carbonyl (C=O) groups excluding carboxylic acids is 3. The Hall–Kier alpha value is -3.39. The van der Waals surface area contributed by atoms with Gasteiger partial charge in [0.05, 0.1) is 22.5 Å². The summed E-state index contributed by atoms with van der Waals surface area (Å²) in [5.74, 6) is -2.59. The number of benzene rings is 2. The standard InChI is InChI=1S/C36H46ClF3N6O4/c1-43-10-8-27(9-11-43)44-14-16-46(17-15-44)35(50)26(18-23-19-28(36(38,39)40)33(48)29(37)20-23)21-31(47)45-12-6-24(7-13-45)32-34(49)42-30-5-3-2-4-25(30)22-41-32/h2-5,19-20,24,26-27,32,41,48H,6-18,21-22H2,1H3,(H,42,49)/t26-,32?/m0/s1. The third-order valence-electron chi connectivity index (χ3n) is 10.9. The van der Waals surface area contributed by atoms with E-state index in [0.29, 0.717) is 64.7 Å². The Kier molecular flexibility index (Phi) is 11.3. The Morgan fingerprint density at radius 1 is 0.960 bits per heavy atom. The van der Waals surface area contributed by atoms with Crippen molar-refractivity contribution in [3.05, 3.63) is 58.1 Å². The number of alkyl halides is 3. The number of nitrogens with zero attached hydrogens (tertiary/aromatic N) is 4. The topological polar surface area (TPSA) is 108 Å². The number of piperidine rings is 2. The molecule has 4 heterocycles. The van der Waals surface area contributed by atoms with Gasteiger partial charge in [0, 0.05) is 64.0 Å². The maximum Gasteiger partial charge on any atom is 0.420 e. The number of aromatic hydroxyl groups is 1. The quantitative estimate of drug-likeness (QED) is 0.394. The van der Waals surface area contributed by atoms with Gasteiger partial charge >= 0.3 is 6.18 Å². The van der Waals surface area contributed by atoms with E-state index >= 15 is 0 Å². The van der Waals surface area contributed by atoms with E-state index in [1.807, 2.05) is 24.3 Å². The van der Waals surface area contributed by atoms with E-state index in [2.05, 4.69) is 27.5 Å². The summed E-state index contributed by atoms with van der Waals surface area (Å²) < 4.78 is 41.3. The van der Waals surface area contributed by atoms with E-state index in [-0.39, 0.29) is 42.0 Å². The maximum atomic E-state index is 14.1. The van der Waals surface area contributed by atoms with Crippen LogP contribution in [0.25, 0.3) is 0 Å². The lowest BCUT2D eigenvalue weighted by atomic mass is 9.88. The predicted octanol–water partition coefficient (Wildman–Crippen LogP) is 4.20. The molecular weight excluding hydrogens is 673 g/mol. The average molecular weight is 719 g/mol. The highest BCUT2D eigenvalue weighted by molar-refractivity contribution is 6.32. The minimum absolute atomic E-state index is 0.00609. The van der Waals surface area contributed by atoms with Gasteiger partial charge in [-0.2, -0.15) is 13.2 Å². The molecule has 2 aromatic rings. The van der Waals surface area contributed by atoms with Crippen LogP contribution in [0.4, 0.5) is 18.9 Å². The van der Waals surface area contributed by atoms with E-state index in [1.165, 1.54) is 6.07 Å². The molecule has 1 unspecified atom stereocenters. The summed E-state index contributed by atoms with van der Waals surface area (Å²) in [5, 5.41) is 16.0. The van der Waals surface area contributed by atoms with Crippen LogP contribution in [0.3, 0.4) is 0 Å². The lowest BCUT2D eigenvalue weighted by molar-refractivity contribution is -0.143. The molecule has 10 nitrogen and oxygen atoms in total. The molecule has 0 aliphatic carbocycles. The maximum absolute atomic E-state index is 14.1. The zero-order valence-corrected chi connectivity index (χ0v) is 29.1. The van der Waals surface area contributed by atoms with Crippen molar-refractivity contribution in [3.63, 3.8) is 0 Å². The molecule has 0 saturated carbocycles. The Balaban J connectivity index is 1.12. The van der Waals surface area contributed by atoms with E-state index in [4.69, 9.17) is 11.6 Å². The molecular formula is C36H46ClF3N6O4. The van der Waals surface area contributed by atoms with Gasteiger partial charge in [0.2, 0.25) is 17.7 Å². The van der Waals surface area contributed by atoms with Crippen LogP contribution in [0.5, 0.6) is 5.75 Å². The molecule has 3 N–H and O–H groups in total. The van der Waals surface area contributed by atoms with E-state index in [0.717, 1.165) is 43.2 Å². The van der Waals surface area contributed by atoms with Crippen LogP contribution in [0.1, 0.15) is 48.8 Å². The summed E-state index contributed by atoms with van der Waals surface area (Å²) in [6.07, 6.45) is -1.84. The van der Waals surface area contributed by atoms with Crippen molar-refractivity contribution in [3.8, 4) is 5.75 Å². The highest BCUT2D eigenvalue weighted by Crippen LogP contribution is 2.41. The van der Waals surface area contributed by atoms with Crippen LogP contribution in [0.15, 0.2) is 36.4 Å². The van der Waals surface area contributed by atoms with Crippen LogP contribution in [0, 0.1) is 11.8 Å². The molecule has 4 aliphatic heterocycles. The van der Waals surface area contributed by atoms with Crippen molar-refractivity contribution in [1.29, 1.82) is 0 Å². The lowest BCUT2D eigenvalue weighted by Crippen LogP contribution is -2.55. The Labute approximate surface area is 295 Å². The van der Waals surface area contributed by atoms with Crippen LogP contribution in [-0.2, 0) is 33.5 Å². The van der Waals surface area contributed by atoms with Gasteiger partial charge in [0.15, 0.2) is 0 Å². The monoisotopic (exact) mass is 718 g/mol.